The molecule has 7 heteroatoms. The summed E-state index contributed by atoms with van der Waals surface area (Å²) in [4.78, 5) is 18.5. The minimum absolute atomic E-state index is 0.317. The molecule has 0 atom stereocenters. The Bertz CT molecular complexity index is 444. The predicted molar refractivity (Wildman–Crippen MR) is 60.2 cm³/mol. The number of ether oxygens (including phenoxy) is 1. The van der Waals surface area contributed by atoms with Gasteiger partial charge in [-0.1, -0.05) is 22.0 Å². The molecule has 84 valence electrons. The molecule has 0 fully saturated rings. The van der Waals surface area contributed by atoms with E-state index >= 15 is 0 Å². The molecule has 0 spiro atoms. The van der Waals surface area contributed by atoms with Crippen molar-refractivity contribution in [1.29, 1.82) is 0 Å². The van der Waals surface area contributed by atoms with Gasteiger partial charge in [-0.3, -0.25) is 0 Å². The van der Waals surface area contributed by atoms with Gasteiger partial charge in [0.05, 0.1) is 12.7 Å². The van der Waals surface area contributed by atoms with Gasteiger partial charge in [-0.15, -0.1) is 0 Å². The van der Waals surface area contributed by atoms with Gasteiger partial charge in [0.25, 0.3) is 0 Å². The number of benzene rings is 1. The van der Waals surface area contributed by atoms with Crippen molar-refractivity contribution in [3.63, 3.8) is 0 Å². The average molecular weight is 286 g/mol. The molecule has 0 radical (unpaired) electrons. The van der Waals surface area contributed by atoms with E-state index in [-0.39, 0.29) is 0 Å². The third kappa shape index (κ3) is 2.88. The number of azide groups is 1. The SMILES string of the molecule is COC(=O)c1ccc(CBr)c(ON=[N+]=[N-])c1. The Hall–Kier alpha value is -1.72. The summed E-state index contributed by atoms with van der Waals surface area (Å²) in [5.41, 5.74) is 9.24. The van der Waals surface area contributed by atoms with Crippen molar-refractivity contribution in [3.05, 3.63) is 39.8 Å². The molecule has 1 aromatic carbocycles. The van der Waals surface area contributed by atoms with Crippen molar-refractivity contribution in [2.24, 2.45) is 5.28 Å². The van der Waals surface area contributed by atoms with Crippen LogP contribution in [-0.4, -0.2) is 13.1 Å². The van der Waals surface area contributed by atoms with Crippen LogP contribution in [0, 0.1) is 0 Å². The first kappa shape index (κ1) is 12.4. The van der Waals surface area contributed by atoms with Crippen LogP contribution in [0.5, 0.6) is 5.75 Å². The maximum atomic E-state index is 11.2. The van der Waals surface area contributed by atoms with Crippen molar-refractivity contribution in [1.82, 2.24) is 0 Å². The first-order valence-electron chi connectivity index (χ1n) is 4.21. The van der Waals surface area contributed by atoms with Crippen LogP contribution in [0.4, 0.5) is 0 Å². The summed E-state index contributed by atoms with van der Waals surface area (Å²) in [6.07, 6.45) is 0. The third-order valence-corrected chi connectivity index (χ3v) is 2.41. The molecule has 0 unspecified atom stereocenters. The molecular weight excluding hydrogens is 278 g/mol. The summed E-state index contributed by atoms with van der Waals surface area (Å²) < 4.78 is 4.56. The number of nitrogens with zero attached hydrogens (tertiary/aromatic N) is 3. The summed E-state index contributed by atoms with van der Waals surface area (Å²) in [6.45, 7) is 0. The number of carbonyl (C=O) groups is 1. The predicted octanol–water partition coefficient (Wildman–Crippen LogP) is 2.97. The smallest absolute Gasteiger partial charge is 0.337 e. The zero-order valence-electron chi connectivity index (χ0n) is 8.38. The van der Waals surface area contributed by atoms with E-state index in [2.05, 4.69) is 30.9 Å². The molecule has 0 N–H and O–H groups in total. The van der Waals surface area contributed by atoms with E-state index in [1.165, 1.54) is 13.2 Å². The Kier molecular flexibility index (Phi) is 4.63. The lowest BCUT2D eigenvalue weighted by molar-refractivity contribution is 0.0600. The molecular formula is C9H8BrN3O3. The fourth-order valence-corrected chi connectivity index (χ4v) is 1.52. The number of esters is 1. The van der Waals surface area contributed by atoms with Gasteiger partial charge in [0.15, 0.2) is 0 Å². The summed E-state index contributed by atoms with van der Waals surface area (Å²) in [6, 6.07) is 4.74. The topological polar surface area (TPSA) is 84.3 Å². The molecule has 0 aliphatic rings. The van der Waals surface area contributed by atoms with Gasteiger partial charge in [-0.2, -0.15) is 0 Å². The van der Waals surface area contributed by atoms with Crippen LogP contribution >= 0.6 is 15.9 Å². The van der Waals surface area contributed by atoms with Crippen molar-refractivity contribution < 1.29 is 14.4 Å². The number of methoxy groups -OCH3 is 1. The maximum absolute atomic E-state index is 11.2. The van der Waals surface area contributed by atoms with Gasteiger partial charge in [0.1, 0.15) is 11.0 Å². The summed E-state index contributed by atoms with van der Waals surface area (Å²) >= 11 is 3.25. The molecule has 0 saturated heterocycles. The second-order valence-electron chi connectivity index (χ2n) is 2.71. The van der Waals surface area contributed by atoms with Crippen molar-refractivity contribution in [2.75, 3.05) is 7.11 Å². The zero-order chi connectivity index (χ0) is 12.0. The number of rotatable bonds is 4. The highest BCUT2D eigenvalue weighted by molar-refractivity contribution is 9.08. The number of carbonyl (C=O) groups excluding carboxylic acids is 1. The highest BCUT2D eigenvalue weighted by atomic mass is 79.9. The molecule has 0 aliphatic heterocycles. The molecule has 6 nitrogen and oxygen atoms in total. The fraction of sp³-hybridized carbons (Fsp3) is 0.222. The summed E-state index contributed by atoms with van der Waals surface area (Å²) in [5.74, 6) is -0.163. The van der Waals surface area contributed by atoms with Gasteiger partial charge in [-0.25, -0.2) is 4.79 Å². The van der Waals surface area contributed by atoms with E-state index < -0.39 is 5.97 Å². The standard InChI is InChI=1S/C9H8BrN3O3/c1-15-9(14)6-2-3-7(5-10)8(4-6)16-13-12-11/h2-4H,5H2,1H3. The lowest BCUT2D eigenvalue weighted by Gasteiger charge is -2.06. The lowest BCUT2D eigenvalue weighted by atomic mass is 10.1. The second-order valence-corrected chi connectivity index (χ2v) is 3.27. The molecule has 1 aromatic rings. The van der Waals surface area contributed by atoms with E-state index in [0.29, 0.717) is 16.6 Å². The van der Waals surface area contributed by atoms with Crippen LogP contribution in [0.1, 0.15) is 15.9 Å². The monoisotopic (exact) mass is 285 g/mol. The second kappa shape index (κ2) is 5.99. The molecule has 1 rings (SSSR count). The molecule has 0 aromatic heterocycles. The highest BCUT2D eigenvalue weighted by Crippen LogP contribution is 2.23. The van der Waals surface area contributed by atoms with E-state index in [0.717, 1.165) is 5.56 Å². The van der Waals surface area contributed by atoms with Crippen LogP contribution in [0.25, 0.3) is 10.4 Å². The molecule has 0 amide bonds. The molecule has 0 aliphatic carbocycles. The van der Waals surface area contributed by atoms with E-state index in [1.54, 1.807) is 12.1 Å². The minimum Gasteiger partial charge on any atom is -0.465 e. The number of hydrogen-bond acceptors (Lipinski definition) is 4. The van der Waals surface area contributed by atoms with Crippen LogP contribution < -0.4 is 4.84 Å². The van der Waals surface area contributed by atoms with Gasteiger partial charge in [0, 0.05) is 15.8 Å². The van der Waals surface area contributed by atoms with Gasteiger partial charge in [-0.05, 0) is 17.7 Å². The van der Waals surface area contributed by atoms with Crippen LogP contribution in [-0.2, 0) is 10.1 Å². The summed E-state index contributed by atoms with van der Waals surface area (Å²) in [7, 11) is 1.29. The lowest BCUT2D eigenvalue weighted by Crippen LogP contribution is -2.02. The van der Waals surface area contributed by atoms with Crippen molar-refractivity contribution in [3.8, 4) is 5.75 Å². The molecule has 16 heavy (non-hydrogen) atoms. The first-order chi connectivity index (χ1) is 7.72. The maximum Gasteiger partial charge on any atom is 0.337 e. The quantitative estimate of drug-likeness (QED) is 0.213. The van der Waals surface area contributed by atoms with Gasteiger partial charge in [0.2, 0.25) is 0 Å². The van der Waals surface area contributed by atoms with Gasteiger partial charge < -0.3 is 9.57 Å². The van der Waals surface area contributed by atoms with Crippen LogP contribution in [0.15, 0.2) is 23.5 Å². The Morgan fingerprint density at radius 3 is 2.94 bits per heavy atom. The molecule has 0 bridgehead atoms. The number of hydrogen-bond donors (Lipinski definition) is 0. The van der Waals surface area contributed by atoms with E-state index in [4.69, 9.17) is 10.4 Å². The Morgan fingerprint density at radius 1 is 1.62 bits per heavy atom. The average Bonchev–Trinajstić information content (AvgIpc) is 2.34. The van der Waals surface area contributed by atoms with Crippen LogP contribution in [0.3, 0.4) is 0 Å². The van der Waals surface area contributed by atoms with E-state index in [1.807, 2.05) is 0 Å². The Balaban J connectivity index is 3.09. The Morgan fingerprint density at radius 2 is 2.38 bits per heavy atom. The zero-order valence-corrected chi connectivity index (χ0v) is 9.97. The van der Waals surface area contributed by atoms with Gasteiger partial charge >= 0.3 is 5.97 Å². The Labute approximate surface area is 99.9 Å². The number of alkyl halides is 1. The van der Waals surface area contributed by atoms with Crippen molar-refractivity contribution >= 4 is 21.9 Å². The first-order valence-corrected chi connectivity index (χ1v) is 5.33. The summed E-state index contributed by atoms with van der Waals surface area (Å²) in [5, 5.41) is 3.50. The molecule has 0 saturated carbocycles. The fourth-order valence-electron chi connectivity index (χ4n) is 1.06. The third-order valence-electron chi connectivity index (χ3n) is 1.81. The van der Waals surface area contributed by atoms with Crippen LogP contribution in [0.2, 0.25) is 0 Å². The highest BCUT2D eigenvalue weighted by Gasteiger charge is 2.10. The number of halogens is 1. The normalized spacial score (nSPS) is 9.12. The van der Waals surface area contributed by atoms with Crippen molar-refractivity contribution in [2.45, 2.75) is 5.33 Å². The largest absolute Gasteiger partial charge is 0.465 e. The van der Waals surface area contributed by atoms with E-state index in [9.17, 15) is 4.79 Å². The molecule has 0 heterocycles. The minimum atomic E-state index is -0.480.